The van der Waals surface area contributed by atoms with Crippen molar-refractivity contribution in [3.8, 4) is 0 Å². The van der Waals surface area contributed by atoms with E-state index in [-0.39, 0.29) is 18.5 Å². The zero-order valence-corrected chi connectivity index (χ0v) is 12.0. The van der Waals surface area contributed by atoms with E-state index in [9.17, 15) is 4.39 Å². The first-order valence-electron chi connectivity index (χ1n) is 7.14. The standard InChI is InChI=1S/C14H16FN5O2/c15-12-7-10(13-8-11(22-18-13)9-17-19-16)1-2-14(12)20-3-5-21-6-4-20/h1-2,7,11H,3-6,8-9H2/t11-/m1/s1. The molecule has 1 atom stereocenters. The van der Waals surface area contributed by atoms with Gasteiger partial charge in [0, 0.05) is 30.0 Å². The molecule has 0 N–H and O–H groups in total. The van der Waals surface area contributed by atoms with E-state index in [1.165, 1.54) is 6.07 Å². The quantitative estimate of drug-likeness (QED) is 0.486. The van der Waals surface area contributed by atoms with Gasteiger partial charge in [0.2, 0.25) is 0 Å². The summed E-state index contributed by atoms with van der Waals surface area (Å²) in [6.45, 7) is 2.83. The highest BCUT2D eigenvalue weighted by atomic mass is 19.1. The summed E-state index contributed by atoms with van der Waals surface area (Å²) in [5.41, 5.74) is 10.2. The fraction of sp³-hybridized carbons (Fsp3) is 0.500. The Balaban J connectivity index is 1.71. The third kappa shape index (κ3) is 3.13. The van der Waals surface area contributed by atoms with Crippen molar-refractivity contribution >= 4 is 11.4 Å². The van der Waals surface area contributed by atoms with E-state index >= 15 is 0 Å². The molecule has 0 saturated carbocycles. The number of benzene rings is 1. The summed E-state index contributed by atoms with van der Waals surface area (Å²) >= 11 is 0. The largest absolute Gasteiger partial charge is 0.392 e. The number of hydrogen-bond donors (Lipinski definition) is 0. The van der Waals surface area contributed by atoms with Gasteiger partial charge >= 0.3 is 0 Å². The van der Waals surface area contributed by atoms with Crippen LogP contribution in [0.5, 0.6) is 0 Å². The molecule has 7 nitrogen and oxygen atoms in total. The molecule has 0 aromatic heterocycles. The van der Waals surface area contributed by atoms with Crippen molar-refractivity contribution in [1.82, 2.24) is 0 Å². The number of ether oxygens (including phenoxy) is 1. The maximum absolute atomic E-state index is 14.3. The molecule has 22 heavy (non-hydrogen) atoms. The molecule has 2 aliphatic heterocycles. The van der Waals surface area contributed by atoms with Gasteiger partial charge in [0.15, 0.2) is 0 Å². The van der Waals surface area contributed by atoms with E-state index in [0.717, 1.165) is 0 Å². The van der Waals surface area contributed by atoms with Crippen LogP contribution in [0.1, 0.15) is 12.0 Å². The van der Waals surface area contributed by atoms with Crippen molar-refractivity contribution in [1.29, 1.82) is 0 Å². The lowest BCUT2D eigenvalue weighted by Gasteiger charge is -2.29. The van der Waals surface area contributed by atoms with Crippen molar-refractivity contribution in [2.75, 3.05) is 37.7 Å². The number of rotatable bonds is 4. The van der Waals surface area contributed by atoms with Crippen LogP contribution in [0, 0.1) is 5.82 Å². The molecular formula is C14H16FN5O2. The van der Waals surface area contributed by atoms with Gasteiger partial charge in [-0.05, 0) is 17.7 Å². The van der Waals surface area contributed by atoms with E-state index in [1.807, 2.05) is 11.0 Å². The summed E-state index contributed by atoms with van der Waals surface area (Å²) in [6, 6.07) is 5.08. The van der Waals surface area contributed by atoms with E-state index in [1.54, 1.807) is 6.07 Å². The molecule has 0 unspecified atom stereocenters. The van der Waals surface area contributed by atoms with Crippen molar-refractivity contribution in [2.24, 2.45) is 10.3 Å². The Labute approximate surface area is 126 Å². The number of azide groups is 1. The summed E-state index contributed by atoms with van der Waals surface area (Å²) in [6.07, 6.45) is 0.239. The topological polar surface area (TPSA) is 82.8 Å². The lowest BCUT2D eigenvalue weighted by Crippen LogP contribution is -2.36. The molecule has 0 amide bonds. The molecule has 8 heteroatoms. The van der Waals surface area contributed by atoms with Gasteiger partial charge in [-0.25, -0.2) is 4.39 Å². The van der Waals surface area contributed by atoms with Crippen LogP contribution in [0.3, 0.4) is 0 Å². The molecule has 1 aromatic carbocycles. The molecule has 0 aliphatic carbocycles. The molecule has 1 aromatic rings. The van der Waals surface area contributed by atoms with Crippen LogP contribution in [0.2, 0.25) is 0 Å². The molecule has 0 bridgehead atoms. The number of halogens is 1. The maximum atomic E-state index is 14.3. The molecule has 0 spiro atoms. The van der Waals surface area contributed by atoms with Gasteiger partial charge in [-0.2, -0.15) is 0 Å². The minimum atomic E-state index is -0.277. The zero-order chi connectivity index (χ0) is 15.4. The lowest BCUT2D eigenvalue weighted by atomic mass is 10.0. The Hall–Kier alpha value is -2.31. The van der Waals surface area contributed by atoms with Gasteiger partial charge < -0.3 is 14.5 Å². The van der Waals surface area contributed by atoms with E-state index in [4.69, 9.17) is 15.1 Å². The normalized spacial score (nSPS) is 21.0. The van der Waals surface area contributed by atoms with Crippen molar-refractivity contribution < 1.29 is 14.0 Å². The average Bonchev–Trinajstić information content (AvgIpc) is 3.02. The lowest BCUT2D eigenvalue weighted by molar-refractivity contribution is 0.0919. The molecule has 116 valence electrons. The fourth-order valence-electron chi connectivity index (χ4n) is 2.57. The van der Waals surface area contributed by atoms with Gasteiger partial charge in [0.1, 0.15) is 11.9 Å². The predicted octanol–water partition coefficient (Wildman–Crippen LogP) is 2.47. The molecule has 2 heterocycles. The highest BCUT2D eigenvalue weighted by Gasteiger charge is 2.23. The Morgan fingerprint density at radius 1 is 1.41 bits per heavy atom. The minimum absolute atomic E-state index is 0.220. The second kappa shape index (κ2) is 6.64. The van der Waals surface area contributed by atoms with Crippen LogP contribution in [-0.2, 0) is 9.57 Å². The summed E-state index contributed by atoms with van der Waals surface area (Å²) < 4.78 is 19.6. The summed E-state index contributed by atoms with van der Waals surface area (Å²) in [5.74, 6) is -0.277. The summed E-state index contributed by atoms with van der Waals surface area (Å²) in [7, 11) is 0. The van der Waals surface area contributed by atoms with Gasteiger partial charge in [-0.1, -0.05) is 16.3 Å². The number of nitrogens with zero attached hydrogens (tertiary/aromatic N) is 5. The number of morpholine rings is 1. The fourth-order valence-corrected chi connectivity index (χ4v) is 2.57. The number of anilines is 1. The second-order valence-corrected chi connectivity index (χ2v) is 5.15. The number of hydrogen-bond acceptors (Lipinski definition) is 5. The molecular weight excluding hydrogens is 289 g/mol. The Bertz CT molecular complexity index is 624. The van der Waals surface area contributed by atoms with Crippen molar-refractivity contribution in [3.63, 3.8) is 0 Å². The summed E-state index contributed by atoms with van der Waals surface area (Å²) in [4.78, 5) is 9.85. The van der Waals surface area contributed by atoms with Crippen LogP contribution in [0.25, 0.3) is 10.4 Å². The van der Waals surface area contributed by atoms with E-state index < -0.39 is 0 Å². The number of oxime groups is 1. The average molecular weight is 305 g/mol. The van der Waals surface area contributed by atoms with Crippen molar-refractivity contribution in [2.45, 2.75) is 12.5 Å². The molecule has 1 saturated heterocycles. The van der Waals surface area contributed by atoms with Gasteiger partial charge in [0.25, 0.3) is 0 Å². The Morgan fingerprint density at radius 2 is 2.23 bits per heavy atom. The van der Waals surface area contributed by atoms with Crippen LogP contribution in [0.15, 0.2) is 28.5 Å². The SMILES string of the molecule is [N-]=[N+]=NC[C@H]1CC(c2ccc(N3CCOCC3)c(F)c2)=NO1. The molecule has 1 fully saturated rings. The minimum Gasteiger partial charge on any atom is -0.392 e. The smallest absolute Gasteiger partial charge is 0.147 e. The third-order valence-corrected chi connectivity index (χ3v) is 3.71. The van der Waals surface area contributed by atoms with Crippen LogP contribution < -0.4 is 4.90 Å². The molecule has 0 radical (unpaired) electrons. The molecule has 2 aliphatic rings. The predicted molar refractivity (Wildman–Crippen MR) is 79.5 cm³/mol. The maximum Gasteiger partial charge on any atom is 0.147 e. The zero-order valence-electron chi connectivity index (χ0n) is 12.0. The Morgan fingerprint density at radius 3 is 2.95 bits per heavy atom. The first-order valence-corrected chi connectivity index (χ1v) is 7.14. The first kappa shape index (κ1) is 14.6. The van der Waals surface area contributed by atoms with E-state index in [2.05, 4.69) is 15.2 Å². The third-order valence-electron chi connectivity index (χ3n) is 3.71. The first-order chi connectivity index (χ1) is 10.8. The highest BCUT2D eigenvalue weighted by Crippen LogP contribution is 2.24. The van der Waals surface area contributed by atoms with Gasteiger partial charge in [-0.3, -0.25) is 0 Å². The summed E-state index contributed by atoms with van der Waals surface area (Å²) in [5, 5.41) is 7.42. The van der Waals surface area contributed by atoms with Gasteiger partial charge in [0.05, 0.1) is 31.2 Å². The van der Waals surface area contributed by atoms with E-state index in [0.29, 0.717) is 49.7 Å². The van der Waals surface area contributed by atoms with Gasteiger partial charge in [-0.15, -0.1) is 0 Å². The highest BCUT2D eigenvalue weighted by molar-refractivity contribution is 6.01. The Kier molecular flexibility index (Phi) is 4.41. The van der Waals surface area contributed by atoms with Crippen LogP contribution in [-0.4, -0.2) is 44.7 Å². The van der Waals surface area contributed by atoms with Crippen LogP contribution in [0.4, 0.5) is 10.1 Å². The van der Waals surface area contributed by atoms with Crippen molar-refractivity contribution in [3.05, 3.63) is 40.0 Å². The molecule has 3 rings (SSSR count). The monoisotopic (exact) mass is 305 g/mol. The second-order valence-electron chi connectivity index (χ2n) is 5.15. The van der Waals surface area contributed by atoms with Crippen LogP contribution >= 0.6 is 0 Å².